The highest BCUT2D eigenvalue weighted by Crippen LogP contribution is 2.26. The number of halogens is 2. The van der Waals surface area contributed by atoms with Crippen LogP contribution in [0.25, 0.3) is 10.9 Å². The molecule has 0 atom stereocenters. The van der Waals surface area contributed by atoms with Crippen molar-refractivity contribution in [3.8, 4) is 0 Å². The minimum Gasteiger partial charge on any atom is -0.281 e. The highest BCUT2D eigenvalue weighted by Gasteiger charge is 2.12. The number of hydrogen-bond donors (Lipinski definition) is 1. The molecule has 0 radical (unpaired) electrons. The zero-order chi connectivity index (χ0) is 13.2. The number of pyridine rings is 1. The Hall–Kier alpha value is -1.04. The highest BCUT2D eigenvalue weighted by molar-refractivity contribution is 7.92. The van der Waals surface area contributed by atoms with E-state index in [2.05, 4.69) is 9.71 Å². The molecule has 0 aliphatic rings. The molecule has 0 spiro atoms. The second-order valence-corrected chi connectivity index (χ2v) is 6.29. The van der Waals surface area contributed by atoms with E-state index in [0.717, 1.165) is 5.39 Å². The smallest absolute Gasteiger partial charge is 0.233 e. The summed E-state index contributed by atoms with van der Waals surface area (Å²) in [6.07, 6.45) is 1.59. The maximum absolute atomic E-state index is 11.7. The third-order valence-corrected chi connectivity index (χ3v) is 4.18. The number of alkyl halides is 1. The normalized spacial score (nSPS) is 11.7. The number of hydrogen-bond acceptors (Lipinski definition) is 3. The van der Waals surface area contributed by atoms with Crippen LogP contribution < -0.4 is 4.72 Å². The molecule has 1 N–H and O–H groups in total. The molecule has 2 rings (SSSR count). The Balaban J connectivity index is 2.51. The van der Waals surface area contributed by atoms with Crippen LogP contribution in [0.5, 0.6) is 0 Å². The fourth-order valence-corrected chi connectivity index (χ4v) is 3.19. The van der Waals surface area contributed by atoms with Gasteiger partial charge in [0.15, 0.2) is 0 Å². The molecular formula is C11H10Cl2N2O2S. The lowest BCUT2D eigenvalue weighted by atomic mass is 10.2. The van der Waals surface area contributed by atoms with E-state index in [0.29, 0.717) is 16.2 Å². The molecule has 1 heterocycles. The summed E-state index contributed by atoms with van der Waals surface area (Å²) in [6, 6.07) is 6.83. The number of fused-ring (bicyclic) bond motifs is 1. The van der Waals surface area contributed by atoms with Gasteiger partial charge in [-0.15, -0.1) is 11.6 Å². The summed E-state index contributed by atoms with van der Waals surface area (Å²) in [6.45, 7) is 0. The van der Waals surface area contributed by atoms with E-state index in [1.54, 1.807) is 18.3 Å². The molecule has 0 amide bonds. The number of rotatable bonds is 4. The fraction of sp³-hybridized carbons (Fsp3) is 0.182. The topological polar surface area (TPSA) is 59.1 Å². The monoisotopic (exact) mass is 304 g/mol. The Labute approximate surface area is 115 Å². The van der Waals surface area contributed by atoms with E-state index in [1.807, 2.05) is 6.07 Å². The summed E-state index contributed by atoms with van der Waals surface area (Å²) in [5, 5.41) is 1.22. The lowest BCUT2D eigenvalue weighted by molar-refractivity contribution is 0.602. The van der Waals surface area contributed by atoms with E-state index in [9.17, 15) is 8.42 Å². The van der Waals surface area contributed by atoms with Gasteiger partial charge in [-0.25, -0.2) is 8.42 Å². The van der Waals surface area contributed by atoms with Crippen LogP contribution in [-0.4, -0.2) is 25.0 Å². The molecule has 0 fully saturated rings. The number of nitrogens with one attached hydrogen (secondary N) is 1. The summed E-state index contributed by atoms with van der Waals surface area (Å²) < 4.78 is 25.8. The average Bonchev–Trinajstić information content (AvgIpc) is 2.28. The molecule has 0 saturated heterocycles. The number of sulfonamides is 1. The number of aromatic nitrogens is 1. The third kappa shape index (κ3) is 3.04. The Bertz CT molecular complexity index is 674. The number of anilines is 1. The van der Waals surface area contributed by atoms with Gasteiger partial charge in [0.1, 0.15) is 0 Å². The quantitative estimate of drug-likeness (QED) is 0.884. The molecule has 0 aliphatic carbocycles. The average molecular weight is 305 g/mol. The van der Waals surface area contributed by atoms with Gasteiger partial charge in [0.25, 0.3) is 0 Å². The van der Waals surface area contributed by atoms with Crippen LogP contribution in [0.2, 0.25) is 5.02 Å². The van der Waals surface area contributed by atoms with Crippen molar-refractivity contribution in [3.05, 3.63) is 35.5 Å². The van der Waals surface area contributed by atoms with Gasteiger partial charge in [-0.05, 0) is 18.2 Å². The molecule has 18 heavy (non-hydrogen) atoms. The van der Waals surface area contributed by atoms with E-state index in [1.165, 1.54) is 6.07 Å². The van der Waals surface area contributed by atoms with Crippen molar-refractivity contribution < 1.29 is 8.42 Å². The molecule has 1 aromatic carbocycles. The van der Waals surface area contributed by atoms with Gasteiger partial charge in [0, 0.05) is 22.5 Å². The summed E-state index contributed by atoms with van der Waals surface area (Å²) in [4.78, 5) is 4.15. The first kappa shape index (κ1) is 13.4. The SMILES string of the molecule is O=S(=O)(CCCl)Nc1cc(Cl)cc2cccnc12. The summed E-state index contributed by atoms with van der Waals surface area (Å²) in [5.74, 6) is -0.128. The first-order chi connectivity index (χ1) is 8.52. The van der Waals surface area contributed by atoms with Crippen LogP contribution in [0.3, 0.4) is 0 Å². The number of nitrogens with zero attached hydrogens (tertiary/aromatic N) is 1. The molecule has 4 nitrogen and oxygen atoms in total. The van der Waals surface area contributed by atoms with Crippen LogP contribution in [0.1, 0.15) is 0 Å². The predicted molar refractivity (Wildman–Crippen MR) is 74.9 cm³/mol. The Morgan fingerprint density at radius 3 is 2.83 bits per heavy atom. The number of benzene rings is 1. The predicted octanol–water partition coefficient (Wildman–Crippen LogP) is 2.87. The van der Waals surface area contributed by atoms with Gasteiger partial charge < -0.3 is 0 Å². The molecule has 0 aliphatic heterocycles. The van der Waals surface area contributed by atoms with Crippen molar-refractivity contribution >= 4 is 49.8 Å². The molecule has 2 aromatic rings. The maximum Gasteiger partial charge on any atom is 0.233 e. The zero-order valence-electron chi connectivity index (χ0n) is 9.23. The molecule has 0 unspecified atom stereocenters. The van der Waals surface area contributed by atoms with E-state index in [-0.39, 0.29) is 11.6 Å². The molecule has 0 saturated carbocycles. The van der Waals surface area contributed by atoms with Crippen LogP contribution in [0.15, 0.2) is 30.5 Å². The van der Waals surface area contributed by atoms with Gasteiger partial charge in [-0.2, -0.15) is 0 Å². The maximum atomic E-state index is 11.7. The van der Waals surface area contributed by atoms with Crippen molar-refractivity contribution in [1.29, 1.82) is 0 Å². The van der Waals surface area contributed by atoms with E-state index >= 15 is 0 Å². The molecule has 96 valence electrons. The summed E-state index contributed by atoms with van der Waals surface area (Å²) in [7, 11) is -3.47. The second kappa shape index (κ2) is 5.30. The van der Waals surface area contributed by atoms with Gasteiger partial charge in [0.2, 0.25) is 10.0 Å². The van der Waals surface area contributed by atoms with Crippen molar-refractivity contribution in [2.24, 2.45) is 0 Å². The second-order valence-electron chi connectivity index (χ2n) is 3.64. The Kier molecular flexibility index (Phi) is 3.94. The Morgan fingerprint density at radius 1 is 1.33 bits per heavy atom. The van der Waals surface area contributed by atoms with Crippen LogP contribution in [0.4, 0.5) is 5.69 Å². The van der Waals surface area contributed by atoms with Gasteiger partial charge >= 0.3 is 0 Å². The van der Waals surface area contributed by atoms with Crippen LogP contribution in [-0.2, 0) is 10.0 Å². The van der Waals surface area contributed by atoms with Crippen molar-refractivity contribution in [2.75, 3.05) is 16.4 Å². The van der Waals surface area contributed by atoms with Gasteiger partial charge in [-0.3, -0.25) is 9.71 Å². The summed E-state index contributed by atoms with van der Waals surface area (Å²) in [5.41, 5.74) is 0.920. The lowest BCUT2D eigenvalue weighted by Gasteiger charge is -2.09. The first-order valence-electron chi connectivity index (χ1n) is 5.12. The van der Waals surface area contributed by atoms with E-state index in [4.69, 9.17) is 23.2 Å². The Morgan fingerprint density at radius 2 is 2.11 bits per heavy atom. The molecule has 0 bridgehead atoms. The minimum atomic E-state index is -3.47. The standard InChI is InChI=1S/C11H10Cl2N2O2S/c12-3-5-18(16,17)15-10-7-9(13)6-8-2-1-4-14-11(8)10/h1-2,4,6-7,15H,3,5H2. The van der Waals surface area contributed by atoms with E-state index < -0.39 is 10.0 Å². The van der Waals surface area contributed by atoms with Crippen molar-refractivity contribution in [1.82, 2.24) is 4.98 Å². The highest BCUT2D eigenvalue weighted by atomic mass is 35.5. The van der Waals surface area contributed by atoms with Gasteiger partial charge in [0.05, 0.1) is 17.0 Å². The summed E-state index contributed by atoms with van der Waals surface area (Å²) >= 11 is 11.4. The lowest BCUT2D eigenvalue weighted by Crippen LogP contribution is -2.17. The van der Waals surface area contributed by atoms with Crippen molar-refractivity contribution in [3.63, 3.8) is 0 Å². The zero-order valence-corrected chi connectivity index (χ0v) is 11.6. The molecule has 1 aromatic heterocycles. The minimum absolute atomic E-state index is 0.0290. The van der Waals surface area contributed by atoms with Crippen LogP contribution >= 0.6 is 23.2 Å². The molecule has 7 heteroatoms. The largest absolute Gasteiger partial charge is 0.281 e. The van der Waals surface area contributed by atoms with Crippen molar-refractivity contribution in [2.45, 2.75) is 0 Å². The van der Waals surface area contributed by atoms with Crippen LogP contribution in [0, 0.1) is 0 Å². The molecular weight excluding hydrogens is 295 g/mol. The first-order valence-corrected chi connectivity index (χ1v) is 7.69. The fourth-order valence-electron chi connectivity index (χ4n) is 1.55. The third-order valence-electron chi connectivity index (χ3n) is 2.28. The van der Waals surface area contributed by atoms with Gasteiger partial charge in [-0.1, -0.05) is 17.7 Å².